The van der Waals surface area contributed by atoms with Gasteiger partial charge in [-0.15, -0.1) is 0 Å². The number of fused-ring (bicyclic) bond motifs is 6. The fourth-order valence-electron chi connectivity index (χ4n) is 7.05. The molecule has 0 spiro atoms. The van der Waals surface area contributed by atoms with Crippen LogP contribution in [0, 0.1) is 0 Å². The predicted octanol–water partition coefficient (Wildman–Crippen LogP) is 2.50. The maximum absolute atomic E-state index is 2.68. The minimum absolute atomic E-state index is 0. The molecule has 5 aromatic carbocycles. The molecule has 0 bridgehead atoms. The molecule has 0 nitrogen and oxygen atoms in total. The Labute approximate surface area is 252 Å². The van der Waals surface area contributed by atoms with Gasteiger partial charge < -0.3 is 24.8 Å². The van der Waals surface area contributed by atoms with Gasteiger partial charge in [0, 0.05) is 0 Å². The molecule has 3 unspecified atom stereocenters. The summed E-state index contributed by atoms with van der Waals surface area (Å²) < 4.78 is 1.27. The summed E-state index contributed by atoms with van der Waals surface area (Å²) in [6, 6.07) is 39.2. The Balaban J connectivity index is 0.00000154. The van der Waals surface area contributed by atoms with Crippen molar-refractivity contribution in [3.8, 4) is 0 Å². The van der Waals surface area contributed by atoms with Gasteiger partial charge in [-0.3, -0.25) is 0 Å². The molecule has 0 N–H and O–H groups in total. The molecule has 0 aromatic heterocycles. The molecule has 39 heavy (non-hydrogen) atoms. The van der Waals surface area contributed by atoms with Gasteiger partial charge in [0.05, 0.1) is 0 Å². The van der Waals surface area contributed by atoms with Crippen LogP contribution in [0.15, 0.2) is 114 Å². The first-order chi connectivity index (χ1) is 18.1. The number of hydrogen-bond acceptors (Lipinski definition) is 0. The summed E-state index contributed by atoms with van der Waals surface area (Å²) in [6.07, 6.45) is 5.09. The first-order valence-electron chi connectivity index (χ1n) is 13.4. The van der Waals surface area contributed by atoms with Crippen molar-refractivity contribution in [3.63, 3.8) is 0 Å². The van der Waals surface area contributed by atoms with E-state index >= 15 is 0 Å². The third-order valence-electron chi connectivity index (χ3n) is 8.75. The van der Waals surface area contributed by atoms with Gasteiger partial charge in [-0.25, -0.2) is 0 Å². The van der Waals surface area contributed by atoms with Crippen molar-refractivity contribution in [1.82, 2.24) is 0 Å². The predicted molar refractivity (Wildman–Crippen MR) is 160 cm³/mol. The van der Waals surface area contributed by atoms with Crippen LogP contribution in [0.5, 0.6) is 0 Å². The fraction of sp³-hybridized carbons (Fsp3) is 0.143. The third-order valence-corrected chi connectivity index (χ3v) is 32.0. The molecular weight excluding hydrogens is 611 g/mol. The summed E-state index contributed by atoms with van der Waals surface area (Å²) in [5.41, 5.74) is 9.43. The van der Waals surface area contributed by atoms with Crippen molar-refractivity contribution >= 4 is 44.8 Å². The van der Waals surface area contributed by atoms with Crippen LogP contribution in [0.1, 0.15) is 43.4 Å². The van der Waals surface area contributed by atoms with Gasteiger partial charge in [-0.1, -0.05) is 0 Å². The molecular formula is C35H31Cl2SiZr. The normalized spacial score (nSPS) is 17.9. The molecule has 2 aliphatic rings. The summed E-state index contributed by atoms with van der Waals surface area (Å²) in [6.45, 7) is 7.55. The van der Waals surface area contributed by atoms with E-state index in [2.05, 4.69) is 136 Å². The van der Waals surface area contributed by atoms with E-state index < -0.39 is 26.8 Å². The largest absolute Gasteiger partial charge is 1.00 e. The molecule has 193 valence electrons. The van der Waals surface area contributed by atoms with Gasteiger partial charge in [-0.05, 0) is 0 Å². The van der Waals surface area contributed by atoms with Crippen molar-refractivity contribution in [3.05, 3.63) is 137 Å². The van der Waals surface area contributed by atoms with E-state index in [9.17, 15) is 0 Å². The van der Waals surface area contributed by atoms with Crippen LogP contribution in [0.4, 0.5) is 0 Å². The Hall–Kier alpha value is -2.22. The van der Waals surface area contributed by atoms with Crippen LogP contribution in [0.3, 0.4) is 0 Å². The molecule has 0 saturated heterocycles. The van der Waals surface area contributed by atoms with Gasteiger partial charge in [0.1, 0.15) is 0 Å². The molecule has 7 rings (SSSR count). The van der Waals surface area contributed by atoms with Gasteiger partial charge in [0.25, 0.3) is 0 Å². The topological polar surface area (TPSA) is 0 Å². The monoisotopic (exact) mass is 639 g/mol. The van der Waals surface area contributed by atoms with E-state index in [1.54, 1.807) is 27.5 Å². The maximum atomic E-state index is 2.68. The molecule has 0 amide bonds. The Morgan fingerprint density at radius 1 is 0.538 bits per heavy atom. The molecule has 0 saturated carbocycles. The minimum atomic E-state index is -2.22. The smallest absolute Gasteiger partial charge is 1.00 e. The minimum Gasteiger partial charge on any atom is -1.00 e. The third kappa shape index (κ3) is 4.64. The van der Waals surface area contributed by atoms with Gasteiger partial charge >= 0.3 is 230 Å². The van der Waals surface area contributed by atoms with Gasteiger partial charge in [0.15, 0.2) is 0 Å². The van der Waals surface area contributed by atoms with Gasteiger partial charge in [0.2, 0.25) is 0 Å². The van der Waals surface area contributed by atoms with E-state index in [-0.39, 0.29) is 24.8 Å². The van der Waals surface area contributed by atoms with E-state index in [1.165, 1.54) is 32.7 Å². The van der Waals surface area contributed by atoms with Crippen molar-refractivity contribution in [2.75, 3.05) is 0 Å². The van der Waals surface area contributed by atoms with E-state index in [0.29, 0.717) is 7.25 Å². The summed E-state index contributed by atoms with van der Waals surface area (Å²) in [5.74, 6) is -1.19. The standard InChI is InChI=1S/2C14H11.C7H9Si.2ClH.Zr/c2*1-10-8-12-7-6-11-4-2-3-5-13(11)14(12)9-10;1-8-7-5-3-2-4-6-7;;;/h2*2-9H,1H3;2-6,8H,1H3;2*1H;/q;;;;;+2/p-2. The molecule has 2 aliphatic carbocycles. The fourth-order valence-corrected chi connectivity index (χ4v) is 32.9. The second-order valence-electron chi connectivity index (χ2n) is 10.9. The summed E-state index contributed by atoms with van der Waals surface area (Å²) in [7, 11) is 0. The average molecular weight is 642 g/mol. The van der Waals surface area contributed by atoms with E-state index in [4.69, 9.17) is 0 Å². The van der Waals surface area contributed by atoms with Crippen LogP contribution in [-0.2, 0) is 20.9 Å². The summed E-state index contributed by atoms with van der Waals surface area (Å²) in [5, 5.41) is 7.21. The number of halogens is 2. The summed E-state index contributed by atoms with van der Waals surface area (Å²) >= 11 is -2.22. The number of benzene rings is 5. The quantitative estimate of drug-likeness (QED) is 0.265. The Morgan fingerprint density at radius 3 is 1.46 bits per heavy atom. The molecule has 0 heterocycles. The SMILES string of the molecule is CC1=Cc2c(ccc3ccccc23)[CH]1[Zr+2]([CH]1C(C)=Cc2c1ccc1ccccc21)[SiH](C)c1ccccc1.[Cl-].[Cl-]. The Bertz CT molecular complexity index is 1630. The van der Waals surface area contributed by atoms with Crippen molar-refractivity contribution in [2.24, 2.45) is 0 Å². The average Bonchev–Trinajstić information content (AvgIpc) is 3.46. The van der Waals surface area contributed by atoms with E-state index in [0.717, 1.165) is 0 Å². The van der Waals surface area contributed by atoms with Crippen molar-refractivity contribution < 1.29 is 45.7 Å². The number of hydrogen-bond donors (Lipinski definition) is 0. The van der Waals surface area contributed by atoms with Crippen LogP contribution in [0.25, 0.3) is 33.7 Å². The Kier molecular flexibility index (Phi) is 8.23. The van der Waals surface area contributed by atoms with Crippen molar-refractivity contribution in [1.29, 1.82) is 0 Å². The zero-order chi connectivity index (χ0) is 25.1. The number of rotatable bonds is 4. The second-order valence-corrected chi connectivity index (χ2v) is 28.6. The van der Waals surface area contributed by atoms with Crippen LogP contribution >= 0.6 is 0 Å². The zero-order valence-electron chi connectivity index (χ0n) is 22.5. The van der Waals surface area contributed by atoms with Gasteiger partial charge in [-0.2, -0.15) is 0 Å². The molecule has 4 heteroatoms. The molecule has 5 aromatic rings. The zero-order valence-corrected chi connectivity index (χ0v) is 27.6. The second kappa shape index (κ2) is 11.3. The molecule has 3 atom stereocenters. The Morgan fingerprint density at radius 2 is 0.974 bits per heavy atom. The molecule has 0 aliphatic heterocycles. The molecule has 0 radical (unpaired) electrons. The van der Waals surface area contributed by atoms with Crippen molar-refractivity contribution in [2.45, 2.75) is 27.6 Å². The summed E-state index contributed by atoms with van der Waals surface area (Å²) in [4.78, 5) is 0. The van der Waals surface area contributed by atoms with Crippen LogP contribution in [0.2, 0.25) is 6.55 Å². The molecule has 0 fully saturated rings. The van der Waals surface area contributed by atoms with Crippen LogP contribution < -0.4 is 30.0 Å². The first-order valence-corrected chi connectivity index (χ1v) is 22.8. The van der Waals surface area contributed by atoms with Crippen LogP contribution in [-0.4, -0.2) is 5.92 Å². The number of allylic oxidation sites excluding steroid dienone is 2. The van der Waals surface area contributed by atoms with E-state index in [1.807, 2.05) is 0 Å². The maximum Gasteiger partial charge on any atom is -1.00 e. The first kappa shape index (κ1) is 28.3.